The molecule has 7 heteroatoms. The van der Waals surface area contributed by atoms with E-state index in [4.69, 9.17) is 0 Å². The number of hydrogen-bond donors (Lipinski definition) is 0. The Kier molecular flexibility index (Phi) is 4.96. The third kappa shape index (κ3) is 3.37. The molecule has 1 saturated carbocycles. The number of alkyl halides is 2. The Morgan fingerprint density at radius 3 is 2.31 bits per heavy atom. The number of piperidine rings is 1. The average Bonchev–Trinajstić information content (AvgIpc) is 2.97. The molecule has 3 aliphatic rings. The summed E-state index contributed by atoms with van der Waals surface area (Å²) in [5, 5.41) is 0. The molecule has 0 unspecified atom stereocenters. The third-order valence-electron chi connectivity index (χ3n) is 6.15. The van der Waals surface area contributed by atoms with E-state index in [1.807, 2.05) is 4.90 Å². The van der Waals surface area contributed by atoms with Crippen molar-refractivity contribution in [2.24, 2.45) is 0 Å². The summed E-state index contributed by atoms with van der Waals surface area (Å²) in [6.07, 6.45) is 2.71. The lowest BCUT2D eigenvalue weighted by atomic mass is 9.89. The van der Waals surface area contributed by atoms with Gasteiger partial charge in [0.25, 0.3) is 5.91 Å². The number of amides is 1. The van der Waals surface area contributed by atoms with E-state index in [0.717, 1.165) is 29.5 Å². The lowest BCUT2D eigenvalue weighted by Crippen LogP contribution is -2.49. The van der Waals surface area contributed by atoms with Crippen molar-refractivity contribution in [1.29, 1.82) is 0 Å². The molecule has 1 aliphatic carbocycles. The zero-order chi connectivity index (χ0) is 18.5. The van der Waals surface area contributed by atoms with E-state index in [0.29, 0.717) is 30.5 Å². The van der Waals surface area contributed by atoms with Gasteiger partial charge in [-0.25, -0.2) is 13.2 Å². The van der Waals surface area contributed by atoms with Crippen LogP contribution in [0.3, 0.4) is 0 Å². The van der Waals surface area contributed by atoms with Crippen molar-refractivity contribution in [3.8, 4) is 0 Å². The van der Waals surface area contributed by atoms with Crippen LogP contribution in [-0.4, -0.2) is 46.8 Å². The van der Waals surface area contributed by atoms with Crippen LogP contribution in [0.1, 0.15) is 54.4 Å². The highest BCUT2D eigenvalue weighted by Gasteiger charge is 2.40. The van der Waals surface area contributed by atoms with Gasteiger partial charge in [0.05, 0.1) is 5.56 Å². The highest BCUT2D eigenvalue weighted by atomic mass is 127. The van der Waals surface area contributed by atoms with E-state index in [1.54, 1.807) is 6.07 Å². The molecule has 2 aliphatic heterocycles. The molecule has 0 atom stereocenters. The Balaban J connectivity index is 1.38. The maximum Gasteiger partial charge on any atom is 0.255 e. The number of nitrogens with zero attached hydrogens (tertiary/aromatic N) is 2. The smallest absolute Gasteiger partial charge is 0.255 e. The number of carbonyl (C=O) groups is 1. The molecule has 1 amide bonds. The molecule has 2 heterocycles. The second-order valence-electron chi connectivity index (χ2n) is 7.67. The van der Waals surface area contributed by atoms with Crippen LogP contribution in [0.2, 0.25) is 0 Å². The molecule has 3 nitrogen and oxygen atoms in total. The first-order chi connectivity index (χ1) is 12.4. The second-order valence-corrected chi connectivity index (χ2v) is 8.83. The van der Waals surface area contributed by atoms with E-state index >= 15 is 0 Å². The number of benzene rings is 1. The molecule has 0 spiro atoms. The molecule has 0 radical (unpaired) electrons. The molecule has 1 aromatic rings. The van der Waals surface area contributed by atoms with Gasteiger partial charge < -0.3 is 9.80 Å². The van der Waals surface area contributed by atoms with Crippen molar-refractivity contribution < 1.29 is 18.0 Å². The van der Waals surface area contributed by atoms with Crippen LogP contribution in [0.15, 0.2) is 12.1 Å². The number of fused-ring (bicyclic) bond motifs is 1. The van der Waals surface area contributed by atoms with Gasteiger partial charge >= 0.3 is 0 Å². The summed E-state index contributed by atoms with van der Waals surface area (Å²) in [7, 11) is 0. The highest BCUT2D eigenvalue weighted by molar-refractivity contribution is 14.1. The maximum absolute atomic E-state index is 14.1. The number of rotatable bonds is 2. The number of halogens is 4. The van der Waals surface area contributed by atoms with Crippen molar-refractivity contribution in [3.05, 3.63) is 32.6 Å². The van der Waals surface area contributed by atoms with E-state index in [9.17, 15) is 18.0 Å². The van der Waals surface area contributed by atoms with Crippen LogP contribution in [-0.2, 0) is 6.54 Å². The van der Waals surface area contributed by atoms with Gasteiger partial charge in [-0.05, 0) is 60.4 Å². The summed E-state index contributed by atoms with van der Waals surface area (Å²) < 4.78 is 41.6. The van der Waals surface area contributed by atoms with Gasteiger partial charge in [-0.3, -0.25) is 4.79 Å². The van der Waals surface area contributed by atoms with Crippen LogP contribution < -0.4 is 0 Å². The summed E-state index contributed by atoms with van der Waals surface area (Å²) in [5.41, 5.74) is 1.03. The summed E-state index contributed by atoms with van der Waals surface area (Å²) >= 11 is 2.09. The Morgan fingerprint density at radius 1 is 1.04 bits per heavy atom. The molecular weight excluding hydrogens is 456 g/mol. The van der Waals surface area contributed by atoms with E-state index < -0.39 is 5.92 Å². The Morgan fingerprint density at radius 2 is 1.69 bits per heavy atom. The molecule has 0 N–H and O–H groups in total. The van der Waals surface area contributed by atoms with Crippen LogP contribution in [0, 0.1) is 9.39 Å². The molecule has 1 aromatic carbocycles. The predicted octanol–water partition coefficient (Wildman–Crippen LogP) is 4.43. The highest BCUT2D eigenvalue weighted by Crippen LogP contribution is 2.37. The van der Waals surface area contributed by atoms with Gasteiger partial charge in [-0.1, -0.05) is 0 Å². The number of hydrogen-bond acceptors (Lipinski definition) is 2. The van der Waals surface area contributed by atoms with Gasteiger partial charge in [0, 0.05) is 53.7 Å². The van der Waals surface area contributed by atoms with Gasteiger partial charge in [0.1, 0.15) is 5.82 Å². The quantitative estimate of drug-likeness (QED) is 0.588. The minimum atomic E-state index is -2.50. The standard InChI is InChI=1S/C19H22F3IN2O/c20-15-1-2-16(23)17-14(15)11-25(18(17)26)13-5-9-24(10-6-13)12-3-7-19(21,22)8-4-12/h1-2,12-13H,3-11H2. The monoisotopic (exact) mass is 478 g/mol. The van der Waals surface area contributed by atoms with Crippen molar-refractivity contribution in [2.75, 3.05) is 13.1 Å². The second kappa shape index (κ2) is 6.96. The van der Waals surface area contributed by atoms with Crippen LogP contribution in [0.4, 0.5) is 13.2 Å². The molecule has 4 rings (SSSR count). The summed E-state index contributed by atoms with van der Waals surface area (Å²) in [6, 6.07) is 3.42. The molecule has 142 valence electrons. The van der Waals surface area contributed by atoms with E-state index in [-0.39, 0.29) is 36.6 Å². The SMILES string of the molecule is O=C1c2c(I)ccc(F)c2CN1C1CCN(C2CCC(F)(F)CC2)CC1. The first-order valence-electron chi connectivity index (χ1n) is 9.25. The van der Waals surface area contributed by atoms with Gasteiger partial charge in [-0.2, -0.15) is 0 Å². The summed E-state index contributed by atoms with van der Waals surface area (Å²) in [6.45, 7) is 1.98. The van der Waals surface area contributed by atoms with Crippen LogP contribution >= 0.6 is 22.6 Å². The van der Waals surface area contributed by atoms with E-state index in [2.05, 4.69) is 27.5 Å². The molecule has 0 bridgehead atoms. The summed E-state index contributed by atoms with van der Waals surface area (Å²) in [5.74, 6) is -2.87. The first-order valence-corrected chi connectivity index (χ1v) is 10.3. The number of likely N-dealkylation sites (tertiary alicyclic amines) is 1. The lowest BCUT2D eigenvalue weighted by molar-refractivity contribution is -0.0574. The van der Waals surface area contributed by atoms with Crippen molar-refractivity contribution >= 4 is 28.5 Å². The lowest BCUT2D eigenvalue weighted by Gasteiger charge is -2.42. The average molecular weight is 478 g/mol. The normalized spacial score (nSPS) is 24.9. The maximum atomic E-state index is 14.1. The van der Waals surface area contributed by atoms with Gasteiger partial charge in [-0.15, -0.1) is 0 Å². The van der Waals surface area contributed by atoms with Crippen LogP contribution in [0.25, 0.3) is 0 Å². The molecule has 1 saturated heterocycles. The van der Waals surface area contributed by atoms with Gasteiger partial charge in [0.15, 0.2) is 0 Å². The molecule has 2 fully saturated rings. The third-order valence-corrected chi connectivity index (χ3v) is 7.05. The summed E-state index contributed by atoms with van der Waals surface area (Å²) in [4.78, 5) is 16.9. The first kappa shape index (κ1) is 18.5. The van der Waals surface area contributed by atoms with Gasteiger partial charge in [0.2, 0.25) is 5.92 Å². The number of carbonyl (C=O) groups excluding carboxylic acids is 1. The largest absolute Gasteiger partial charge is 0.331 e. The fraction of sp³-hybridized carbons (Fsp3) is 0.632. The van der Waals surface area contributed by atoms with Crippen LogP contribution in [0.5, 0.6) is 0 Å². The predicted molar refractivity (Wildman–Crippen MR) is 101 cm³/mol. The zero-order valence-corrected chi connectivity index (χ0v) is 16.6. The molecule has 0 aromatic heterocycles. The van der Waals surface area contributed by atoms with Crippen molar-refractivity contribution in [2.45, 2.75) is 63.1 Å². The van der Waals surface area contributed by atoms with E-state index in [1.165, 1.54) is 6.07 Å². The Bertz CT molecular complexity index is 709. The minimum absolute atomic E-state index is 0.0186. The van der Waals surface area contributed by atoms with Crippen molar-refractivity contribution in [1.82, 2.24) is 9.80 Å². The molecule has 26 heavy (non-hydrogen) atoms. The zero-order valence-electron chi connectivity index (χ0n) is 14.5. The minimum Gasteiger partial charge on any atom is -0.331 e. The topological polar surface area (TPSA) is 23.6 Å². The Hall–Kier alpha value is -0.830. The fourth-order valence-corrected chi connectivity index (χ4v) is 5.35. The molecular formula is C19H22F3IN2O. The Labute approximate surface area is 165 Å². The van der Waals surface area contributed by atoms with Crippen molar-refractivity contribution in [3.63, 3.8) is 0 Å². The fourth-order valence-electron chi connectivity index (χ4n) is 4.61.